The molecule has 16 heteroatoms. The maximum Gasteiger partial charge on any atom is 0.355 e. The molecule has 0 spiro atoms. The van der Waals surface area contributed by atoms with Crippen LogP contribution in [0.15, 0.2) is 71.4 Å². The van der Waals surface area contributed by atoms with Crippen LogP contribution in [0.25, 0.3) is 10.1 Å². The number of alkyl halides is 1. The van der Waals surface area contributed by atoms with E-state index < -0.39 is 43.4 Å². The number of nitrogens with zero attached hydrogens (tertiary/aromatic N) is 3. The van der Waals surface area contributed by atoms with Crippen LogP contribution < -0.4 is 14.9 Å². The van der Waals surface area contributed by atoms with E-state index in [9.17, 15) is 23.7 Å². The number of thiophene rings is 1. The standard InChI is InChI=1S/C40H45FN5O8PS/c1-3-14-52-40(50)23(2)44-55(51,54-30-7-5-4-6-8-30)36(41)24-9-12-34-27(16-24)20-35(56-34)37(47)42-32-19-26-17-25(26)18-29-10-11-33(46(29)38(32)48)39(49)45-21-28(22-45)31-13-15-53-43-31/h4-9,12-13,15-16,20,23,25-26,28-29,32-33,36H,3,10-11,14,17-19,21-22H2,1-2H3,(H,42,47)(H,44,51)/t23-,25+,26-,29+,32-,33-,36?,55?/m0/s1. The lowest BCUT2D eigenvalue weighted by atomic mass is 9.95. The smallest absolute Gasteiger partial charge is 0.355 e. The number of benzene rings is 2. The normalized spacial score (nSPS) is 25.5. The van der Waals surface area contributed by atoms with Gasteiger partial charge in [-0.1, -0.05) is 36.3 Å². The summed E-state index contributed by atoms with van der Waals surface area (Å²) in [6, 6.07) is 13.7. The molecule has 0 bridgehead atoms. The van der Waals surface area contributed by atoms with Crippen molar-refractivity contribution in [2.24, 2.45) is 11.8 Å². The molecule has 56 heavy (non-hydrogen) atoms. The highest BCUT2D eigenvalue weighted by molar-refractivity contribution is 7.57. The number of amides is 3. The Hall–Kier alpha value is -4.59. The molecule has 8 atom stereocenters. The number of rotatable bonds is 13. The first-order chi connectivity index (χ1) is 27.0. The van der Waals surface area contributed by atoms with Crippen molar-refractivity contribution < 1.29 is 41.9 Å². The number of ether oxygens (including phenoxy) is 1. The molecular formula is C40H45FN5O8PS. The summed E-state index contributed by atoms with van der Waals surface area (Å²) < 4.78 is 47.4. The fraction of sp³-hybridized carbons (Fsp3) is 0.475. The Morgan fingerprint density at radius 1 is 1.05 bits per heavy atom. The lowest BCUT2D eigenvalue weighted by molar-refractivity contribution is -0.149. The second-order valence-electron chi connectivity index (χ2n) is 15.4. The molecule has 2 aromatic heterocycles. The van der Waals surface area contributed by atoms with Crippen molar-refractivity contribution in [1.29, 1.82) is 0 Å². The van der Waals surface area contributed by atoms with Gasteiger partial charge >= 0.3 is 13.5 Å². The minimum atomic E-state index is -4.44. The average molecular weight is 806 g/mol. The van der Waals surface area contributed by atoms with Gasteiger partial charge in [0.2, 0.25) is 17.7 Å². The summed E-state index contributed by atoms with van der Waals surface area (Å²) in [5, 5.41) is 10.1. The van der Waals surface area contributed by atoms with Crippen LogP contribution in [0.5, 0.6) is 5.75 Å². The summed E-state index contributed by atoms with van der Waals surface area (Å²) >= 11 is 1.20. The van der Waals surface area contributed by atoms with Crippen LogP contribution in [0.4, 0.5) is 4.39 Å². The van der Waals surface area contributed by atoms with E-state index in [1.807, 2.05) is 13.0 Å². The number of aromatic nitrogens is 1. The van der Waals surface area contributed by atoms with Gasteiger partial charge in [0, 0.05) is 35.8 Å². The van der Waals surface area contributed by atoms with E-state index in [-0.39, 0.29) is 41.7 Å². The van der Waals surface area contributed by atoms with E-state index in [0.29, 0.717) is 59.2 Å². The monoisotopic (exact) mass is 805 g/mol. The zero-order valence-corrected chi connectivity index (χ0v) is 32.9. The Balaban J connectivity index is 0.980. The van der Waals surface area contributed by atoms with Gasteiger partial charge in [-0.25, -0.2) is 9.48 Å². The Kier molecular flexibility index (Phi) is 10.8. The minimum Gasteiger partial charge on any atom is -0.465 e. The summed E-state index contributed by atoms with van der Waals surface area (Å²) in [6.07, 6.45) is 5.83. The van der Waals surface area contributed by atoms with Crippen LogP contribution in [-0.4, -0.2) is 82.5 Å². The lowest BCUT2D eigenvalue weighted by Crippen LogP contribution is -2.59. The molecule has 296 valence electrons. The fourth-order valence-corrected chi connectivity index (χ4v) is 11.1. The highest BCUT2D eigenvalue weighted by Crippen LogP contribution is 2.58. The zero-order chi connectivity index (χ0) is 39.1. The highest BCUT2D eigenvalue weighted by atomic mass is 32.1. The predicted octanol–water partition coefficient (Wildman–Crippen LogP) is 6.57. The molecule has 2 N–H and O–H groups in total. The molecule has 1 saturated carbocycles. The van der Waals surface area contributed by atoms with Crippen molar-refractivity contribution in [1.82, 2.24) is 25.4 Å². The van der Waals surface area contributed by atoms with Gasteiger partial charge in [0.1, 0.15) is 30.1 Å². The van der Waals surface area contributed by atoms with E-state index in [4.69, 9.17) is 13.8 Å². The molecule has 5 heterocycles. The van der Waals surface area contributed by atoms with Crippen molar-refractivity contribution in [3.8, 4) is 5.75 Å². The van der Waals surface area contributed by atoms with Crippen LogP contribution in [-0.2, 0) is 23.7 Å². The molecule has 13 nitrogen and oxygen atoms in total. The quantitative estimate of drug-likeness (QED) is 0.112. The van der Waals surface area contributed by atoms with Crippen LogP contribution in [0.2, 0.25) is 0 Å². The third-order valence-electron chi connectivity index (χ3n) is 11.4. The predicted molar refractivity (Wildman–Crippen MR) is 206 cm³/mol. The van der Waals surface area contributed by atoms with Gasteiger partial charge in [-0.2, -0.15) is 0 Å². The van der Waals surface area contributed by atoms with Crippen molar-refractivity contribution >= 4 is 52.6 Å². The van der Waals surface area contributed by atoms with Gasteiger partial charge < -0.3 is 28.9 Å². The Morgan fingerprint density at radius 2 is 1.84 bits per heavy atom. The molecule has 2 aromatic carbocycles. The minimum absolute atomic E-state index is 0.0310. The first kappa shape index (κ1) is 38.3. The number of para-hydroxylation sites is 1. The van der Waals surface area contributed by atoms with Gasteiger partial charge in [0.05, 0.1) is 17.2 Å². The molecule has 3 amide bonds. The van der Waals surface area contributed by atoms with Crippen molar-refractivity contribution in [2.45, 2.75) is 88.4 Å². The number of carbonyl (C=O) groups is 4. The van der Waals surface area contributed by atoms with E-state index in [0.717, 1.165) is 25.0 Å². The number of hydrogen-bond donors (Lipinski definition) is 2. The first-order valence-electron chi connectivity index (χ1n) is 19.3. The number of halogens is 1. The summed E-state index contributed by atoms with van der Waals surface area (Å²) in [5.74, 6) is -2.53. The molecule has 3 saturated heterocycles. The molecule has 4 aromatic rings. The van der Waals surface area contributed by atoms with Crippen LogP contribution in [0.1, 0.15) is 85.1 Å². The topological polar surface area (TPSA) is 160 Å². The van der Waals surface area contributed by atoms with Crippen molar-refractivity contribution in [3.63, 3.8) is 0 Å². The molecular weight excluding hydrogens is 761 g/mol. The van der Waals surface area contributed by atoms with Gasteiger partial charge in [-0.15, -0.1) is 11.3 Å². The molecule has 3 aliphatic heterocycles. The van der Waals surface area contributed by atoms with E-state index >= 15 is 4.39 Å². The van der Waals surface area contributed by atoms with Crippen molar-refractivity contribution in [2.75, 3.05) is 19.7 Å². The molecule has 8 rings (SSSR count). The summed E-state index contributed by atoms with van der Waals surface area (Å²) in [4.78, 5) is 58.4. The average Bonchev–Trinajstić information content (AvgIpc) is 3.56. The second-order valence-corrected chi connectivity index (χ2v) is 18.5. The molecule has 2 unspecified atom stereocenters. The maximum atomic E-state index is 16.5. The summed E-state index contributed by atoms with van der Waals surface area (Å²) in [7, 11) is -4.44. The van der Waals surface area contributed by atoms with Crippen LogP contribution in [0.3, 0.4) is 0 Å². The Bertz CT molecular complexity index is 2150. The van der Waals surface area contributed by atoms with Gasteiger partial charge in [0.15, 0.2) is 0 Å². The number of fused-ring (bicyclic) bond motifs is 3. The number of nitrogens with one attached hydrogen (secondary N) is 2. The fourth-order valence-electron chi connectivity index (χ4n) is 8.29. The summed E-state index contributed by atoms with van der Waals surface area (Å²) in [5.41, 5.74) is 0.846. The highest BCUT2D eigenvalue weighted by Gasteiger charge is 2.52. The molecule has 4 fully saturated rings. The van der Waals surface area contributed by atoms with Gasteiger partial charge in [-0.05, 0) is 98.6 Å². The zero-order valence-electron chi connectivity index (χ0n) is 31.2. The number of carbonyl (C=O) groups excluding carboxylic acids is 4. The van der Waals surface area contributed by atoms with Gasteiger partial charge in [-0.3, -0.25) is 23.7 Å². The van der Waals surface area contributed by atoms with Crippen molar-refractivity contribution in [3.05, 3.63) is 83.1 Å². The third-order valence-corrected chi connectivity index (χ3v) is 14.6. The van der Waals surface area contributed by atoms with Crippen LogP contribution in [0, 0.1) is 11.8 Å². The molecule has 1 aliphatic carbocycles. The van der Waals surface area contributed by atoms with Gasteiger partial charge in [0.25, 0.3) is 5.91 Å². The Labute approximate surface area is 327 Å². The third kappa shape index (κ3) is 7.73. The molecule has 0 radical (unpaired) electrons. The van der Waals surface area contributed by atoms with E-state index in [1.54, 1.807) is 52.3 Å². The Morgan fingerprint density at radius 3 is 2.59 bits per heavy atom. The largest absolute Gasteiger partial charge is 0.465 e. The lowest BCUT2D eigenvalue weighted by Gasteiger charge is -2.42. The number of hydrogen-bond acceptors (Lipinski definition) is 10. The van der Waals surface area contributed by atoms with E-state index in [1.165, 1.54) is 36.7 Å². The summed E-state index contributed by atoms with van der Waals surface area (Å²) in [6.45, 7) is 4.50. The maximum absolute atomic E-state index is 16.5. The van der Waals surface area contributed by atoms with Crippen LogP contribution >= 0.6 is 18.9 Å². The SMILES string of the molecule is CCCOC(=O)[C@H](C)NP(=O)(Oc1ccccc1)C(F)c1ccc2sc(C(=O)N[C@H]3C[C@@H]4C[C@@H]4C[C@H]4CC[C@@H](C(=O)N5CC(c6ccon6)C5)N4C3=O)cc2c1. The van der Waals surface area contributed by atoms with E-state index in [2.05, 4.69) is 15.6 Å². The molecule has 4 aliphatic rings. The first-order valence-corrected chi connectivity index (χ1v) is 21.8. The second kappa shape index (κ2) is 15.7. The number of likely N-dealkylation sites (tertiary alicyclic amines) is 1. The number of esters is 1.